The Morgan fingerprint density at radius 3 is 2.81 bits per heavy atom. The number of amides is 1. The van der Waals surface area contributed by atoms with Gasteiger partial charge in [0.05, 0.1) is 0 Å². The second kappa shape index (κ2) is 6.56. The van der Waals surface area contributed by atoms with Crippen LogP contribution < -0.4 is 5.32 Å². The van der Waals surface area contributed by atoms with E-state index in [1.807, 2.05) is 13.0 Å². The largest absolute Gasteiger partial charge is 0.352 e. The first kappa shape index (κ1) is 12.2. The number of nitrogens with one attached hydrogen (secondary N) is 1. The van der Waals surface area contributed by atoms with Crippen molar-refractivity contribution in [2.75, 3.05) is 6.54 Å². The highest BCUT2D eigenvalue weighted by Crippen LogP contribution is 2.10. The molecule has 0 aliphatic heterocycles. The maximum atomic E-state index is 11.8. The molecule has 3 heteroatoms. The van der Waals surface area contributed by atoms with Crippen LogP contribution in [0, 0.1) is 0 Å². The zero-order chi connectivity index (χ0) is 11.8. The number of allylic oxidation sites excluding steroid dienone is 1. The number of hydrogen-bond donors (Lipinski definition) is 1. The lowest BCUT2D eigenvalue weighted by molar-refractivity contribution is -0.104. The highest BCUT2D eigenvalue weighted by Gasteiger charge is 2.07. The lowest BCUT2D eigenvalue weighted by Gasteiger charge is -2.06. The van der Waals surface area contributed by atoms with E-state index in [0.717, 1.165) is 12.0 Å². The Morgan fingerprint density at radius 1 is 1.38 bits per heavy atom. The van der Waals surface area contributed by atoms with Gasteiger partial charge in [-0.1, -0.05) is 31.2 Å². The summed E-state index contributed by atoms with van der Waals surface area (Å²) in [5, 5.41) is 2.80. The van der Waals surface area contributed by atoms with Crippen LogP contribution in [-0.4, -0.2) is 18.7 Å². The SMILES string of the molecule is CCCNC(=O)c1ccccc1/C=C/C=O. The third-order valence-corrected chi connectivity index (χ3v) is 2.10. The summed E-state index contributed by atoms with van der Waals surface area (Å²) < 4.78 is 0. The molecule has 1 N–H and O–H groups in total. The average Bonchev–Trinajstić information content (AvgIpc) is 2.33. The fraction of sp³-hybridized carbons (Fsp3) is 0.231. The third-order valence-electron chi connectivity index (χ3n) is 2.10. The van der Waals surface area contributed by atoms with E-state index in [-0.39, 0.29) is 5.91 Å². The molecule has 0 fully saturated rings. The van der Waals surface area contributed by atoms with Gasteiger partial charge in [0.2, 0.25) is 0 Å². The summed E-state index contributed by atoms with van der Waals surface area (Å²) >= 11 is 0. The number of carbonyl (C=O) groups excluding carboxylic acids is 2. The number of carbonyl (C=O) groups is 2. The molecule has 16 heavy (non-hydrogen) atoms. The maximum absolute atomic E-state index is 11.8. The van der Waals surface area contributed by atoms with Crippen molar-refractivity contribution >= 4 is 18.3 Å². The van der Waals surface area contributed by atoms with Gasteiger partial charge in [-0.3, -0.25) is 9.59 Å². The lowest BCUT2D eigenvalue weighted by atomic mass is 10.1. The Kier molecular flexibility index (Phi) is 4.99. The van der Waals surface area contributed by atoms with Crippen LogP contribution in [0.4, 0.5) is 0 Å². The predicted molar refractivity (Wildman–Crippen MR) is 64.2 cm³/mol. The molecule has 1 aromatic carbocycles. The summed E-state index contributed by atoms with van der Waals surface area (Å²) in [6, 6.07) is 7.19. The van der Waals surface area contributed by atoms with Crippen LogP contribution >= 0.6 is 0 Å². The van der Waals surface area contributed by atoms with Crippen molar-refractivity contribution < 1.29 is 9.59 Å². The molecular formula is C13H15NO2. The first-order valence-electron chi connectivity index (χ1n) is 5.28. The first-order valence-corrected chi connectivity index (χ1v) is 5.28. The molecule has 1 rings (SSSR count). The van der Waals surface area contributed by atoms with E-state index in [4.69, 9.17) is 0 Å². The molecule has 3 nitrogen and oxygen atoms in total. The molecule has 0 bridgehead atoms. The standard InChI is InChI=1S/C13H15NO2/c1-2-9-14-13(16)12-8-4-3-6-11(12)7-5-10-15/h3-8,10H,2,9H2,1H3,(H,14,16)/b7-5+. The van der Waals surface area contributed by atoms with Crippen molar-refractivity contribution in [2.45, 2.75) is 13.3 Å². The minimum atomic E-state index is -0.104. The highest BCUT2D eigenvalue weighted by atomic mass is 16.1. The normalized spacial score (nSPS) is 10.3. The molecule has 0 aromatic heterocycles. The molecule has 0 aliphatic carbocycles. The molecule has 1 amide bonds. The van der Waals surface area contributed by atoms with Gasteiger partial charge in [-0.25, -0.2) is 0 Å². The van der Waals surface area contributed by atoms with Gasteiger partial charge in [0, 0.05) is 12.1 Å². The van der Waals surface area contributed by atoms with Crippen LogP contribution in [0.5, 0.6) is 0 Å². The summed E-state index contributed by atoms with van der Waals surface area (Å²) in [5.74, 6) is -0.104. The molecule has 0 spiro atoms. The topological polar surface area (TPSA) is 46.2 Å². The molecule has 0 saturated heterocycles. The van der Waals surface area contributed by atoms with Gasteiger partial charge < -0.3 is 5.32 Å². The Bertz CT molecular complexity index is 397. The van der Waals surface area contributed by atoms with Gasteiger partial charge in [0.1, 0.15) is 6.29 Å². The monoisotopic (exact) mass is 217 g/mol. The predicted octanol–water partition coefficient (Wildman–Crippen LogP) is 2.04. The Balaban J connectivity index is 2.89. The maximum Gasteiger partial charge on any atom is 0.251 e. The summed E-state index contributed by atoms with van der Waals surface area (Å²) in [6.07, 6.45) is 4.61. The van der Waals surface area contributed by atoms with Crippen LogP contribution in [0.15, 0.2) is 30.3 Å². The molecule has 0 aliphatic rings. The van der Waals surface area contributed by atoms with Gasteiger partial charge in [-0.15, -0.1) is 0 Å². The van der Waals surface area contributed by atoms with Crippen LogP contribution in [0.1, 0.15) is 29.3 Å². The van der Waals surface area contributed by atoms with Crippen molar-refractivity contribution in [2.24, 2.45) is 0 Å². The van der Waals surface area contributed by atoms with Crippen LogP contribution in [0.3, 0.4) is 0 Å². The summed E-state index contributed by atoms with van der Waals surface area (Å²) in [4.78, 5) is 22.0. The van der Waals surface area contributed by atoms with E-state index >= 15 is 0 Å². The Labute approximate surface area is 95.2 Å². The summed E-state index contributed by atoms with van der Waals surface area (Å²) in [5.41, 5.74) is 1.34. The van der Waals surface area contributed by atoms with Crippen molar-refractivity contribution in [3.8, 4) is 0 Å². The minimum absolute atomic E-state index is 0.104. The first-order chi connectivity index (χ1) is 7.79. The van der Waals surface area contributed by atoms with Crippen molar-refractivity contribution in [3.63, 3.8) is 0 Å². The van der Waals surface area contributed by atoms with E-state index < -0.39 is 0 Å². The van der Waals surface area contributed by atoms with Gasteiger partial charge >= 0.3 is 0 Å². The number of rotatable bonds is 5. The zero-order valence-corrected chi connectivity index (χ0v) is 9.27. The van der Waals surface area contributed by atoms with Gasteiger partial charge in [-0.2, -0.15) is 0 Å². The number of benzene rings is 1. The summed E-state index contributed by atoms with van der Waals surface area (Å²) in [7, 11) is 0. The Hall–Kier alpha value is -1.90. The Morgan fingerprint density at radius 2 is 2.12 bits per heavy atom. The molecule has 0 heterocycles. The fourth-order valence-electron chi connectivity index (χ4n) is 1.33. The van der Waals surface area contributed by atoms with E-state index in [1.165, 1.54) is 6.08 Å². The average molecular weight is 217 g/mol. The quantitative estimate of drug-likeness (QED) is 0.606. The molecule has 0 atom stereocenters. The molecule has 0 saturated carbocycles. The van der Waals surface area contributed by atoms with Crippen molar-refractivity contribution in [3.05, 3.63) is 41.5 Å². The smallest absolute Gasteiger partial charge is 0.251 e. The molecule has 0 radical (unpaired) electrons. The van der Waals surface area contributed by atoms with Gasteiger partial charge in [0.25, 0.3) is 5.91 Å². The van der Waals surface area contributed by atoms with E-state index in [2.05, 4.69) is 5.32 Å². The molecule has 0 unspecified atom stereocenters. The number of aldehydes is 1. The van der Waals surface area contributed by atoms with Crippen LogP contribution in [-0.2, 0) is 4.79 Å². The van der Waals surface area contributed by atoms with E-state index in [9.17, 15) is 9.59 Å². The van der Waals surface area contributed by atoms with E-state index in [1.54, 1.807) is 24.3 Å². The second-order valence-corrected chi connectivity index (χ2v) is 3.34. The molecular weight excluding hydrogens is 202 g/mol. The van der Waals surface area contributed by atoms with Crippen molar-refractivity contribution in [1.29, 1.82) is 0 Å². The van der Waals surface area contributed by atoms with Gasteiger partial charge in [-0.05, 0) is 24.1 Å². The lowest BCUT2D eigenvalue weighted by Crippen LogP contribution is -2.24. The fourth-order valence-corrected chi connectivity index (χ4v) is 1.33. The highest BCUT2D eigenvalue weighted by molar-refractivity contribution is 5.98. The second-order valence-electron chi connectivity index (χ2n) is 3.34. The molecule has 84 valence electrons. The third kappa shape index (κ3) is 3.35. The van der Waals surface area contributed by atoms with Crippen molar-refractivity contribution in [1.82, 2.24) is 5.32 Å². The van der Waals surface area contributed by atoms with Crippen LogP contribution in [0.2, 0.25) is 0 Å². The molecule has 1 aromatic rings. The van der Waals surface area contributed by atoms with Crippen LogP contribution in [0.25, 0.3) is 6.08 Å². The minimum Gasteiger partial charge on any atom is -0.352 e. The van der Waals surface area contributed by atoms with Gasteiger partial charge in [0.15, 0.2) is 0 Å². The summed E-state index contributed by atoms with van der Waals surface area (Å²) in [6.45, 7) is 2.66. The van der Waals surface area contributed by atoms with E-state index in [0.29, 0.717) is 18.4 Å². The zero-order valence-electron chi connectivity index (χ0n) is 9.27. The number of hydrogen-bond acceptors (Lipinski definition) is 2.